The van der Waals surface area contributed by atoms with E-state index in [0.29, 0.717) is 5.69 Å². The number of aromatic nitrogens is 2. The third-order valence-corrected chi connectivity index (χ3v) is 2.35. The van der Waals surface area contributed by atoms with Crippen LogP contribution in [0.1, 0.15) is 16.1 Å². The van der Waals surface area contributed by atoms with Gasteiger partial charge in [0.25, 0.3) is 0 Å². The second-order valence-electron chi connectivity index (χ2n) is 3.59. The van der Waals surface area contributed by atoms with Crippen LogP contribution in [0.2, 0.25) is 0 Å². The van der Waals surface area contributed by atoms with Crippen LogP contribution < -0.4 is 0 Å². The summed E-state index contributed by atoms with van der Waals surface area (Å²) in [5.74, 6) is -0.972. The van der Waals surface area contributed by atoms with Gasteiger partial charge in [-0.3, -0.25) is 4.98 Å². The molecule has 0 aromatic carbocycles. The molecule has 86 valence electrons. The van der Waals surface area contributed by atoms with E-state index in [-0.39, 0.29) is 11.4 Å². The molecule has 0 aliphatic carbocycles. The molecular weight excluding hydrogens is 220 g/mol. The van der Waals surface area contributed by atoms with Gasteiger partial charge in [0.2, 0.25) is 0 Å². The molecular formula is C12H10N2O3. The Morgan fingerprint density at radius 1 is 1.24 bits per heavy atom. The van der Waals surface area contributed by atoms with Gasteiger partial charge in [-0.15, -0.1) is 0 Å². The third-order valence-electron chi connectivity index (χ3n) is 2.35. The molecule has 0 unspecified atom stereocenters. The van der Waals surface area contributed by atoms with Crippen molar-refractivity contribution in [1.82, 2.24) is 9.97 Å². The summed E-state index contributed by atoms with van der Waals surface area (Å²) in [6, 6.07) is 4.67. The zero-order valence-corrected chi connectivity index (χ0v) is 9.08. The first-order chi connectivity index (χ1) is 8.08. The van der Waals surface area contributed by atoms with Crippen LogP contribution in [0.15, 0.2) is 30.6 Å². The number of hydrogen-bond acceptors (Lipinski definition) is 4. The quantitative estimate of drug-likeness (QED) is 0.822. The van der Waals surface area contributed by atoms with Gasteiger partial charge in [0.15, 0.2) is 0 Å². The van der Waals surface area contributed by atoms with Crippen molar-refractivity contribution < 1.29 is 15.0 Å². The van der Waals surface area contributed by atoms with E-state index in [9.17, 15) is 4.79 Å². The molecule has 2 heterocycles. The molecule has 2 aromatic rings. The Bertz CT molecular complexity index is 564. The third kappa shape index (κ3) is 2.23. The highest BCUT2D eigenvalue weighted by atomic mass is 16.4. The maximum Gasteiger partial charge on any atom is 0.354 e. The van der Waals surface area contributed by atoms with Crippen molar-refractivity contribution in [3.05, 3.63) is 41.9 Å². The van der Waals surface area contributed by atoms with Crippen LogP contribution in [0.25, 0.3) is 11.3 Å². The lowest BCUT2D eigenvalue weighted by Crippen LogP contribution is -2.01. The first kappa shape index (κ1) is 11.1. The van der Waals surface area contributed by atoms with Gasteiger partial charge in [-0.1, -0.05) is 0 Å². The van der Waals surface area contributed by atoms with Crippen molar-refractivity contribution >= 4 is 5.97 Å². The average Bonchev–Trinajstić information content (AvgIpc) is 2.30. The van der Waals surface area contributed by atoms with Crippen molar-refractivity contribution in [3.8, 4) is 17.0 Å². The maximum absolute atomic E-state index is 10.7. The Kier molecular flexibility index (Phi) is 2.74. The van der Waals surface area contributed by atoms with E-state index in [1.165, 1.54) is 24.5 Å². The van der Waals surface area contributed by atoms with E-state index in [4.69, 9.17) is 10.2 Å². The Hall–Kier alpha value is -2.43. The highest BCUT2D eigenvalue weighted by Crippen LogP contribution is 2.22. The molecule has 0 atom stereocenters. The summed E-state index contributed by atoms with van der Waals surface area (Å²) in [7, 11) is 0. The predicted molar refractivity (Wildman–Crippen MR) is 60.8 cm³/mol. The largest absolute Gasteiger partial charge is 0.506 e. The fourth-order valence-corrected chi connectivity index (χ4v) is 1.49. The molecule has 2 aromatic heterocycles. The summed E-state index contributed by atoms with van der Waals surface area (Å²) in [6.07, 6.45) is 2.80. The van der Waals surface area contributed by atoms with Crippen molar-refractivity contribution in [3.63, 3.8) is 0 Å². The number of aryl methyl sites for hydroxylation is 1. The van der Waals surface area contributed by atoms with E-state index in [0.717, 1.165) is 11.1 Å². The molecule has 0 aliphatic heterocycles. The number of carboxylic acids is 1. The number of rotatable bonds is 2. The van der Waals surface area contributed by atoms with Crippen LogP contribution in [0.4, 0.5) is 0 Å². The Labute approximate surface area is 97.4 Å². The normalized spacial score (nSPS) is 10.2. The highest BCUT2D eigenvalue weighted by molar-refractivity contribution is 5.86. The van der Waals surface area contributed by atoms with E-state index in [2.05, 4.69) is 9.97 Å². The fourth-order valence-electron chi connectivity index (χ4n) is 1.49. The SMILES string of the molecule is Cc1cc(C(=O)O)ncc1-c1ccc(O)cn1. The highest BCUT2D eigenvalue weighted by Gasteiger charge is 2.09. The zero-order valence-electron chi connectivity index (χ0n) is 9.08. The zero-order chi connectivity index (χ0) is 12.4. The molecule has 2 N–H and O–H groups in total. The predicted octanol–water partition coefficient (Wildman–Crippen LogP) is 1.86. The number of carbonyl (C=O) groups is 1. The molecule has 0 fully saturated rings. The minimum absolute atomic E-state index is 0.00466. The monoisotopic (exact) mass is 230 g/mol. The molecule has 5 nitrogen and oxygen atoms in total. The Morgan fingerprint density at radius 2 is 2.00 bits per heavy atom. The van der Waals surface area contributed by atoms with E-state index in [1.807, 2.05) is 0 Å². The van der Waals surface area contributed by atoms with Gasteiger partial charge < -0.3 is 10.2 Å². The summed E-state index contributed by atoms with van der Waals surface area (Å²) in [4.78, 5) is 18.6. The van der Waals surface area contributed by atoms with Gasteiger partial charge in [0.1, 0.15) is 11.4 Å². The topological polar surface area (TPSA) is 83.3 Å². The minimum Gasteiger partial charge on any atom is -0.506 e. The average molecular weight is 230 g/mol. The van der Waals surface area contributed by atoms with Crippen LogP contribution in [-0.4, -0.2) is 26.2 Å². The second-order valence-corrected chi connectivity index (χ2v) is 3.59. The molecule has 0 saturated heterocycles. The van der Waals surface area contributed by atoms with Crippen LogP contribution >= 0.6 is 0 Å². The van der Waals surface area contributed by atoms with E-state index < -0.39 is 5.97 Å². The summed E-state index contributed by atoms with van der Waals surface area (Å²) in [6.45, 7) is 1.79. The number of carboxylic acid groups (broad SMARTS) is 1. The standard InChI is InChI=1S/C12H10N2O3/c1-7-4-11(12(16)17)14-6-9(7)10-3-2-8(15)5-13-10/h2-6,15H,1H3,(H,16,17). The maximum atomic E-state index is 10.7. The second kappa shape index (κ2) is 4.21. The van der Waals surface area contributed by atoms with Crippen LogP contribution in [-0.2, 0) is 0 Å². The number of nitrogens with zero attached hydrogens (tertiary/aromatic N) is 2. The van der Waals surface area contributed by atoms with Gasteiger partial charge in [-0.2, -0.15) is 0 Å². The Balaban J connectivity index is 2.46. The molecule has 0 spiro atoms. The molecule has 17 heavy (non-hydrogen) atoms. The molecule has 0 bridgehead atoms. The van der Waals surface area contributed by atoms with Crippen LogP contribution in [0.3, 0.4) is 0 Å². The lowest BCUT2D eigenvalue weighted by Gasteiger charge is -2.05. The molecule has 0 aliphatic rings. The molecule has 2 rings (SSSR count). The summed E-state index contributed by atoms with van der Waals surface area (Å²) >= 11 is 0. The smallest absolute Gasteiger partial charge is 0.354 e. The summed E-state index contributed by atoms with van der Waals surface area (Å²) in [5.41, 5.74) is 2.17. The summed E-state index contributed by atoms with van der Waals surface area (Å²) in [5, 5.41) is 17.9. The molecule has 5 heteroatoms. The minimum atomic E-state index is -1.06. The number of pyridine rings is 2. The first-order valence-corrected chi connectivity index (χ1v) is 4.93. The van der Waals surface area contributed by atoms with E-state index >= 15 is 0 Å². The molecule has 0 radical (unpaired) electrons. The van der Waals surface area contributed by atoms with Gasteiger partial charge in [0.05, 0.1) is 11.9 Å². The number of hydrogen-bond donors (Lipinski definition) is 2. The number of aromatic hydroxyl groups is 1. The lowest BCUT2D eigenvalue weighted by atomic mass is 10.1. The van der Waals surface area contributed by atoms with Crippen molar-refractivity contribution in [2.45, 2.75) is 6.92 Å². The van der Waals surface area contributed by atoms with E-state index in [1.54, 1.807) is 13.0 Å². The number of aromatic carboxylic acids is 1. The lowest BCUT2D eigenvalue weighted by molar-refractivity contribution is 0.0690. The molecule has 0 amide bonds. The van der Waals surface area contributed by atoms with Crippen LogP contribution in [0, 0.1) is 6.92 Å². The van der Waals surface area contributed by atoms with Crippen molar-refractivity contribution in [2.24, 2.45) is 0 Å². The van der Waals surface area contributed by atoms with Gasteiger partial charge >= 0.3 is 5.97 Å². The van der Waals surface area contributed by atoms with Crippen molar-refractivity contribution in [2.75, 3.05) is 0 Å². The van der Waals surface area contributed by atoms with Gasteiger partial charge in [-0.25, -0.2) is 9.78 Å². The van der Waals surface area contributed by atoms with Crippen molar-refractivity contribution in [1.29, 1.82) is 0 Å². The molecule has 0 saturated carbocycles. The summed E-state index contributed by atoms with van der Waals surface area (Å²) < 4.78 is 0. The van der Waals surface area contributed by atoms with Gasteiger partial charge in [-0.05, 0) is 30.7 Å². The van der Waals surface area contributed by atoms with Crippen LogP contribution in [0.5, 0.6) is 5.75 Å². The Morgan fingerprint density at radius 3 is 2.53 bits per heavy atom. The first-order valence-electron chi connectivity index (χ1n) is 4.93. The van der Waals surface area contributed by atoms with Gasteiger partial charge in [0, 0.05) is 11.8 Å². The fraction of sp³-hybridized carbons (Fsp3) is 0.0833.